The van der Waals surface area contributed by atoms with E-state index in [9.17, 15) is 0 Å². The van der Waals surface area contributed by atoms with E-state index in [1.165, 1.54) is 50.1 Å². The lowest BCUT2D eigenvalue weighted by Crippen LogP contribution is -2.46. The van der Waals surface area contributed by atoms with Crippen molar-refractivity contribution in [3.8, 4) is 0 Å². The van der Waals surface area contributed by atoms with E-state index < -0.39 is 0 Å². The number of unbranched alkanes of at least 4 members (excludes halogenated alkanes) is 3. The number of piperazine rings is 2. The van der Waals surface area contributed by atoms with Gasteiger partial charge in [-0.3, -0.25) is 9.80 Å². The summed E-state index contributed by atoms with van der Waals surface area (Å²) in [4.78, 5) is 10.1. The van der Waals surface area contributed by atoms with Crippen LogP contribution >= 0.6 is 23.2 Å². The summed E-state index contributed by atoms with van der Waals surface area (Å²) in [6, 6.07) is 16.5. The van der Waals surface area contributed by atoms with Gasteiger partial charge in [0.1, 0.15) is 0 Å². The molecule has 0 aromatic heterocycles. The highest BCUT2D eigenvalue weighted by Crippen LogP contribution is 2.22. The molecule has 0 bridgehead atoms. The first-order valence-corrected chi connectivity index (χ1v) is 12.9. The van der Waals surface area contributed by atoms with Crippen molar-refractivity contribution in [2.45, 2.75) is 25.7 Å². The van der Waals surface area contributed by atoms with E-state index in [-0.39, 0.29) is 0 Å². The molecule has 0 spiro atoms. The van der Waals surface area contributed by atoms with E-state index in [1.54, 1.807) is 0 Å². The zero-order valence-corrected chi connectivity index (χ0v) is 20.6. The molecule has 4 rings (SSSR count). The summed E-state index contributed by atoms with van der Waals surface area (Å²) in [5.74, 6) is 0. The molecule has 0 radical (unpaired) electrons. The Kier molecular flexibility index (Phi) is 8.98. The van der Waals surface area contributed by atoms with Gasteiger partial charge < -0.3 is 9.80 Å². The Labute approximate surface area is 203 Å². The second-order valence-corrected chi connectivity index (χ2v) is 9.90. The number of hydrogen-bond acceptors (Lipinski definition) is 4. The third-order valence-electron chi connectivity index (χ3n) is 6.79. The van der Waals surface area contributed by atoms with Crippen LogP contribution in [0.4, 0.5) is 11.4 Å². The highest BCUT2D eigenvalue weighted by atomic mass is 35.5. The van der Waals surface area contributed by atoms with E-state index in [1.807, 2.05) is 24.3 Å². The van der Waals surface area contributed by atoms with Gasteiger partial charge in [0.15, 0.2) is 0 Å². The van der Waals surface area contributed by atoms with Crippen LogP contribution in [-0.4, -0.2) is 75.2 Å². The number of benzene rings is 2. The van der Waals surface area contributed by atoms with Gasteiger partial charge >= 0.3 is 0 Å². The zero-order valence-electron chi connectivity index (χ0n) is 19.1. The molecule has 0 N–H and O–H groups in total. The van der Waals surface area contributed by atoms with Gasteiger partial charge in [0.2, 0.25) is 0 Å². The summed E-state index contributed by atoms with van der Waals surface area (Å²) >= 11 is 12.3. The SMILES string of the molecule is Clc1cccc(N2CCN(CCCCCCN3CCN(c4cccc(Cl)c4)CC3)CC2)c1. The minimum Gasteiger partial charge on any atom is -0.369 e. The molecule has 0 aliphatic carbocycles. The molecule has 6 heteroatoms. The molecule has 2 aliphatic heterocycles. The maximum atomic E-state index is 6.14. The lowest BCUT2D eigenvalue weighted by Gasteiger charge is -2.36. The average Bonchev–Trinajstić information content (AvgIpc) is 2.82. The van der Waals surface area contributed by atoms with Gasteiger partial charge in [0.25, 0.3) is 0 Å². The second kappa shape index (κ2) is 12.1. The summed E-state index contributed by atoms with van der Waals surface area (Å²) < 4.78 is 0. The van der Waals surface area contributed by atoms with E-state index in [0.29, 0.717) is 0 Å². The quantitative estimate of drug-likeness (QED) is 0.444. The molecule has 0 saturated carbocycles. The Hall–Kier alpha value is -1.46. The molecule has 0 unspecified atom stereocenters. The van der Waals surface area contributed by atoms with E-state index in [2.05, 4.69) is 43.9 Å². The minimum atomic E-state index is 0.827. The molecule has 2 aromatic rings. The van der Waals surface area contributed by atoms with Crippen LogP contribution < -0.4 is 9.80 Å². The molecule has 174 valence electrons. The Morgan fingerprint density at radius 1 is 0.531 bits per heavy atom. The Morgan fingerprint density at radius 3 is 1.31 bits per heavy atom. The van der Waals surface area contributed by atoms with Crippen LogP contribution in [0.25, 0.3) is 0 Å². The van der Waals surface area contributed by atoms with Crippen LogP contribution in [0.1, 0.15) is 25.7 Å². The Balaban J connectivity index is 1.04. The van der Waals surface area contributed by atoms with Gasteiger partial charge in [-0.25, -0.2) is 0 Å². The molecular formula is C26H36Cl2N4. The van der Waals surface area contributed by atoms with Gasteiger partial charge in [0, 0.05) is 73.8 Å². The number of anilines is 2. The molecule has 2 heterocycles. The first kappa shape index (κ1) is 23.7. The maximum Gasteiger partial charge on any atom is 0.0426 e. The van der Waals surface area contributed by atoms with Crippen molar-refractivity contribution >= 4 is 34.6 Å². The fraction of sp³-hybridized carbons (Fsp3) is 0.538. The van der Waals surface area contributed by atoms with Crippen molar-refractivity contribution in [3.05, 3.63) is 58.6 Å². The lowest BCUT2D eigenvalue weighted by molar-refractivity contribution is 0.242. The normalized spacial score (nSPS) is 18.3. The van der Waals surface area contributed by atoms with Gasteiger partial charge in [-0.2, -0.15) is 0 Å². The largest absolute Gasteiger partial charge is 0.369 e. The van der Waals surface area contributed by atoms with Gasteiger partial charge in [0.05, 0.1) is 0 Å². The van der Waals surface area contributed by atoms with Crippen LogP contribution in [0.2, 0.25) is 10.0 Å². The van der Waals surface area contributed by atoms with Crippen molar-refractivity contribution in [3.63, 3.8) is 0 Å². The molecule has 2 fully saturated rings. The molecule has 2 aromatic carbocycles. The highest BCUT2D eigenvalue weighted by Gasteiger charge is 2.18. The molecule has 0 amide bonds. The first-order valence-electron chi connectivity index (χ1n) is 12.1. The predicted molar refractivity (Wildman–Crippen MR) is 139 cm³/mol. The molecule has 32 heavy (non-hydrogen) atoms. The van der Waals surface area contributed by atoms with E-state index in [4.69, 9.17) is 23.2 Å². The van der Waals surface area contributed by atoms with Crippen LogP contribution in [-0.2, 0) is 0 Å². The fourth-order valence-electron chi connectivity index (χ4n) is 4.83. The van der Waals surface area contributed by atoms with Crippen LogP contribution in [0.3, 0.4) is 0 Å². The summed E-state index contributed by atoms with van der Waals surface area (Å²) in [6.07, 6.45) is 5.33. The van der Waals surface area contributed by atoms with Crippen LogP contribution in [0.5, 0.6) is 0 Å². The number of rotatable bonds is 9. The Morgan fingerprint density at radius 2 is 0.938 bits per heavy atom. The first-order chi connectivity index (χ1) is 15.7. The van der Waals surface area contributed by atoms with Gasteiger partial charge in [-0.15, -0.1) is 0 Å². The smallest absolute Gasteiger partial charge is 0.0426 e. The standard InChI is InChI=1S/C26H36Cl2N4/c27-23-7-5-9-25(21-23)31-17-13-29(14-18-31)11-3-1-2-4-12-30-15-19-32(20-16-30)26-10-6-8-24(28)22-26/h5-10,21-22H,1-4,11-20H2. The van der Waals surface area contributed by atoms with Crippen molar-refractivity contribution in [2.75, 3.05) is 75.2 Å². The summed E-state index contributed by atoms with van der Waals surface area (Å²) in [5.41, 5.74) is 2.51. The fourth-order valence-corrected chi connectivity index (χ4v) is 5.20. The maximum absolute atomic E-state index is 6.14. The molecule has 0 atom stereocenters. The van der Waals surface area contributed by atoms with E-state index >= 15 is 0 Å². The number of halogens is 2. The summed E-state index contributed by atoms with van der Waals surface area (Å²) in [5, 5.41) is 1.65. The van der Waals surface area contributed by atoms with Gasteiger partial charge in [-0.05, 0) is 62.3 Å². The molecule has 2 saturated heterocycles. The van der Waals surface area contributed by atoms with Crippen molar-refractivity contribution in [1.29, 1.82) is 0 Å². The van der Waals surface area contributed by atoms with Crippen LogP contribution in [0.15, 0.2) is 48.5 Å². The van der Waals surface area contributed by atoms with Gasteiger partial charge in [-0.1, -0.05) is 48.2 Å². The number of nitrogens with zero attached hydrogens (tertiary/aromatic N) is 4. The topological polar surface area (TPSA) is 13.0 Å². The third-order valence-corrected chi connectivity index (χ3v) is 7.26. The molecular weight excluding hydrogens is 439 g/mol. The van der Waals surface area contributed by atoms with Crippen LogP contribution in [0, 0.1) is 0 Å². The van der Waals surface area contributed by atoms with Crippen molar-refractivity contribution in [1.82, 2.24) is 9.80 Å². The van der Waals surface area contributed by atoms with Crippen molar-refractivity contribution in [2.24, 2.45) is 0 Å². The summed E-state index contributed by atoms with van der Waals surface area (Å²) in [6.45, 7) is 11.5. The summed E-state index contributed by atoms with van der Waals surface area (Å²) in [7, 11) is 0. The minimum absolute atomic E-state index is 0.827. The van der Waals surface area contributed by atoms with E-state index in [0.717, 1.165) is 62.4 Å². The average molecular weight is 476 g/mol. The monoisotopic (exact) mass is 474 g/mol. The third kappa shape index (κ3) is 7.02. The second-order valence-electron chi connectivity index (χ2n) is 9.03. The molecule has 4 nitrogen and oxygen atoms in total. The predicted octanol–water partition coefficient (Wildman–Crippen LogP) is 5.50. The number of hydrogen-bond donors (Lipinski definition) is 0. The zero-order chi connectivity index (χ0) is 22.2. The lowest BCUT2D eigenvalue weighted by atomic mass is 10.1. The molecule has 2 aliphatic rings. The Bertz CT molecular complexity index is 761. The van der Waals surface area contributed by atoms with Crippen molar-refractivity contribution < 1.29 is 0 Å². The highest BCUT2D eigenvalue weighted by molar-refractivity contribution is 6.31.